The van der Waals surface area contributed by atoms with Crippen LogP contribution in [0.25, 0.3) is 0 Å². The Balaban J connectivity index is 2.36. The van der Waals surface area contributed by atoms with Crippen LogP contribution in [0.5, 0.6) is 0 Å². The summed E-state index contributed by atoms with van der Waals surface area (Å²) in [6.07, 6.45) is 3.21. The van der Waals surface area contributed by atoms with Crippen molar-refractivity contribution in [2.45, 2.75) is 32.9 Å². The number of hydrogen-bond donors (Lipinski definition) is 1. The Labute approximate surface area is 124 Å². The highest BCUT2D eigenvalue weighted by Crippen LogP contribution is 2.24. The maximum atomic E-state index is 11.7. The highest BCUT2D eigenvalue weighted by Gasteiger charge is 2.22. The smallest absolute Gasteiger partial charge is 0.341 e. The Kier molecular flexibility index (Phi) is 4.75. The maximum absolute atomic E-state index is 11.7. The first-order valence-corrected chi connectivity index (χ1v) is 7.07. The Bertz CT molecular complexity index is 619. The van der Waals surface area contributed by atoms with Gasteiger partial charge in [0.25, 0.3) is 0 Å². The molecular formula is C16H21N3O2. The molecule has 0 aliphatic heterocycles. The van der Waals surface area contributed by atoms with Crippen LogP contribution in [-0.2, 0) is 4.74 Å². The fourth-order valence-corrected chi connectivity index (χ4v) is 2.40. The van der Waals surface area contributed by atoms with E-state index >= 15 is 0 Å². The normalized spacial score (nSPS) is 13.7. The van der Waals surface area contributed by atoms with E-state index in [0.29, 0.717) is 12.2 Å². The Hall–Kier alpha value is -2.14. The lowest BCUT2D eigenvalue weighted by atomic mass is 9.97. The van der Waals surface area contributed by atoms with Crippen LogP contribution in [0.3, 0.4) is 0 Å². The zero-order valence-electron chi connectivity index (χ0n) is 12.6. The maximum Gasteiger partial charge on any atom is 0.341 e. The fourth-order valence-electron chi connectivity index (χ4n) is 2.40. The molecule has 0 aliphatic carbocycles. The number of carbonyl (C=O) groups excluding carboxylic acids is 1. The lowest BCUT2D eigenvalue weighted by Gasteiger charge is -2.23. The zero-order chi connectivity index (χ0) is 15.4. The summed E-state index contributed by atoms with van der Waals surface area (Å²) < 4.78 is 6.72. The molecule has 0 fully saturated rings. The van der Waals surface area contributed by atoms with Gasteiger partial charge in [0.05, 0.1) is 24.4 Å². The number of esters is 1. The number of rotatable bonds is 5. The molecule has 0 aliphatic rings. The van der Waals surface area contributed by atoms with E-state index in [9.17, 15) is 4.79 Å². The van der Waals surface area contributed by atoms with Crippen LogP contribution in [0.4, 0.5) is 0 Å². The highest BCUT2D eigenvalue weighted by molar-refractivity contribution is 5.88. The van der Waals surface area contributed by atoms with Gasteiger partial charge in [-0.3, -0.25) is 4.68 Å². The van der Waals surface area contributed by atoms with Crippen molar-refractivity contribution in [2.24, 2.45) is 5.73 Å². The molecule has 2 atom stereocenters. The van der Waals surface area contributed by atoms with Crippen LogP contribution >= 0.6 is 0 Å². The molecule has 2 unspecified atom stereocenters. The molecule has 2 aromatic rings. The summed E-state index contributed by atoms with van der Waals surface area (Å²) in [5, 5.41) is 4.29. The lowest BCUT2D eigenvalue weighted by molar-refractivity contribution is 0.0526. The molecule has 0 saturated carbocycles. The van der Waals surface area contributed by atoms with Gasteiger partial charge in [-0.25, -0.2) is 4.79 Å². The van der Waals surface area contributed by atoms with E-state index in [2.05, 4.69) is 5.10 Å². The standard InChI is InChI=1S/C16H21N3O2/c1-4-21-16(20)13-9-18-19(10-13)15(12(3)17)14-8-6-5-7-11(14)2/h5-10,12,15H,4,17H2,1-3H3. The molecule has 21 heavy (non-hydrogen) atoms. The summed E-state index contributed by atoms with van der Waals surface area (Å²) in [6.45, 7) is 6.10. The van der Waals surface area contributed by atoms with Crippen LogP contribution in [-0.4, -0.2) is 28.4 Å². The predicted octanol–water partition coefficient (Wildman–Crippen LogP) is 2.30. The lowest BCUT2D eigenvalue weighted by Crippen LogP contribution is -2.31. The third-order valence-corrected chi connectivity index (χ3v) is 3.40. The van der Waals surface area contributed by atoms with Gasteiger partial charge in [-0.05, 0) is 31.9 Å². The second-order valence-electron chi connectivity index (χ2n) is 5.09. The molecule has 2 N–H and O–H groups in total. The largest absolute Gasteiger partial charge is 0.462 e. The van der Waals surface area contributed by atoms with Crippen molar-refractivity contribution in [3.8, 4) is 0 Å². The first-order chi connectivity index (χ1) is 10.0. The van der Waals surface area contributed by atoms with Crippen molar-refractivity contribution in [2.75, 3.05) is 6.61 Å². The van der Waals surface area contributed by atoms with E-state index in [-0.39, 0.29) is 18.1 Å². The van der Waals surface area contributed by atoms with Crippen molar-refractivity contribution in [3.63, 3.8) is 0 Å². The summed E-state index contributed by atoms with van der Waals surface area (Å²) in [5.74, 6) is -0.364. The molecule has 1 heterocycles. The number of aromatic nitrogens is 2. The van der Waals surface area contributed by atoms with Gasteiger partial charge in [-0.15, -0.1) is 0 Å². The van der Waals surface area contributed by atoms with Crippen LogP contribution in [0.15, 0.2) is 36.7 Å². The number of nitrogens with two attached hydrogens (primary N) is 1. The van der Waals surface area contributed by atoms with Gasteiger partial charge in [-0.2, -0.15) is 5.10 Å². The van der Waals surface area contributed by atoms with Crippen LogP contribution in [0.2, 0.25) is 0 Å². The average molecular weight is 287 g/mol. The van der Waals surface area contributed by atoms with Crippen molar-refractivity contribution < 1.29 is 9.53 Å². The number of carbonyl (C=O) groups is 1. The monoisotopic (exact) mass is 287 g/mol. The molecule has 112 valence electrons. The van der Waals surface area contributed by atoms with Gasteiger partial charge in [0.2, 0.25) is 0 Å². The molecule has 2 rings (SSSR count). The summed E-state index contributed by atoms with van der Waals surface area (Å²) in [5.41, 5.74) is 8.83. The second kappa shape index (κ2) is 6.54. The zero-order valence-corrected chi connectivity index (χ0v) is 12.6. The highest BCUT2D eigenvalue weighted by atomic mass is 16.5. The van der Waals surface area contributed by atoms with Crippen LogP contribution < -0.4 is 5.73 Å². The molecule has 5 nitrogen and oxygen atoms in total. The van der Waals surface area contributed by atoms with Gasteiger partial charge in [0.1, 0.15) is 0 Å². The minimum atomic E-state index is -0.364. The minimum absolute atomic E-state index is 0.116. The molecule has 0 saturated heterocycles. The van der Waals surface area contributed by atoms with E-state index in [1.165, 1.54) is 6.20 Å². The van der Waals surface area contributed by atoms with E-state index in [1.807, 2.05) is 38.1 Å². The Morgan fingerprint density at radius 2 is 2.14 bits per heavy atom. The molecule has 0 radical (unpaired) electrons. The van der Waals surface area contributed by atoms with Gasteiger partial charge < -0.3 is 10.5 Å². The van der Waals surface area contributed by atoms with Gasteiger partial charge in [-0.1, -0.05) is 24.3 Å². The second-order valence-corrected chi connectivity index (χ2v) is 5.09. The first kappa shape index (κ1) is 15.3. The van der Waals surface area contributed by atoms with E-state index in [0.717, 1.165) is 11.1 Å². The summed E-state index contributed by atoms with van der Waals surface area (Å²) in [6, 6.07) is 7.79. The van der Waals surface area contributed by atoms with Crippen LogP contribution in [0.1, 0.15) is 41.4 Å². The third-order valence-electron chi connectivity index (χ3n) is 3.40. The van der Waals surface area contributed by atoms with Crippen molar-refractivity contribution in [3.05, 3.63) is 53.3 Å². The van der Waals surface area contributed by atoms with Gasteiger partial charge >= 0.3 is 5.97 Å². The SMILES string of the molecule is CCOC(=O)c1cnn(C(c2ccccc2C)C(C)N)c1. The number of nitrogens with zero attached hydrogens (tertiary/aromatic N) is 2. The molecular weight excluding hydrogens is 266 g/mol. The van der Waals surface area contributed by atoms with Crippen molar-refractivity contribution >= 4 is 5.97 Å². The Morgan fingerprint density at radius 1 is 1.43 bits per heavy atom. The summed E-state index contributed by atoms with van der Waals surface area (Å²) in [7, 11) is 0. The van der Waals surface area contributed by atoms with E-state index in [4.69, 9.17) is 10.5 Å². The van der Waals surface area contributed by atoms with E-state index in [1.54, 1.807) is 17.8 Å². The van der Waals surface area contributed by atoms with E-state index < -0.39 is 0 Å². The summed E-state index contributed by atoms with van der Waals surface area (Å²) in [4.78, 5) is 11.7. The molecule has 1 aromatic heterocycles. The Morgan fingerprint density at radius 3 is 2.76 bits per heavy atom. The number of ether oxygens (including phenoxy) is 1. The van der Waals surface area contributed by atoms with Crippen molar-refractivity contribution in [1.29, 1.82) is 0 Å². The quantitative estimate of drug-likeness (QED) is 0.857. The minimum Gasteiger partial charge on any atom is -0.462 e. The number of aryl methyl sites for hydroxylation is 1. The van der Waals surface area contributed by atoms with Gasteiger partial charge in [0, 0.05) is 12.2 Å². The first-order valence-electron chi connectivity index (χ1n) is 7.07. The third kappa shape index (κ3) is 3.31. The van der Waals surface area contributed by atoms with Crippen LogP contribution in [0, 0.1) is 6.92 Å². The molecule has 0 bridgehead atoms. The van der Waals surface area contributed by atoms with Gasteiger partial charge in [0.15, 0.2) is 0 Å². The molecule has 0 amide bonds. The molecule has 1 aromatic carbocycles. The topological polar surface area (TPSA) is 70.1 Å². The number of benzene rings is 1. The fraction of sp³-hybridized carbons (Fsp3) is 0.375. The molecule has 0 spiro atoms. The molecule has 5 heteroatoms. The number of hydrogen-bond acceptors (Lipinski definition) is 4. The predicted molar refractivity (Wildman–Crippen MR) is 81.2 cm³/mol. The van der Waals surface area contributed by atoms with Crippen molar-refractivity contribution in [1.82, 2.24) is 9.78 Å². The average Bonchev–Trinajstić information content (AvgIpc) is 2.91. The summed E-state index contributed by atoms with van der Waals surface area (Å²) >= 11 is 0.